The normalized spacial score (nSPS) is 11.8. The zero-order chi connectivity index (χ0) is 15.0. The van der Waals surface area contributed by atoms with Crippen LogP contribution in [-0.4, -0.2) is 10.2 Å². The Balaban J connectivity index is 2.35. The maximum atomic E-state index is 13.1. The van der Waals surface area contributed by atoms with Crippen molar-refractivity contribution >= 4 is 16.6 Å². The first-order valence-corrected chi connectivity index (χ1v) is 6.16. The van der Waals surface area contributed by atoms with E-state index in [2.05, 4.69) is 10.2 Å². The molecule has 0 spiro atoms. The van der Waals surface area contributed by atoms with E-state index < -0.39 is 11.7 Å². The Bertz CT molecular complexity index is 813. The summed E-state index contributed by atoms with van der Waals surface area (Å²) >= 11 is 0. The maximum Gasteiger partial charge on any atom is 0.417 e. The van der Waals surface area contributed by atoms with E-state index in [0.29, 0.717) is 10.8 Å². The number of hydrogen-bond acceptors (Lipinski definition) is 3. The highest BCUT2D eigenvalue weighted by Crippen LogP contribution is 2.38. The number of nitrogen functional groups attached to an aromatic ring is 1. The van der Waals surface area contributed by atoms with Gasteiger partial charge in [-0.1, -0.05) is 42.5 Å². The third-order valence-electron chi connectivity index (χ3n) is 3.20. The van der Waals surface area contributed by atoms with E-state index >= 15 is 0 Å². The van der Waals surface area contributed by atoms with Crippen molar-refractivity contribution in [3.8, 4) is 11.3 Å². The van der Waals surface area contributed by atoms with Crippen molar-refractivity contribution in [1.82, 2.24) is 10.2 Å². The number of anilines is 1. The Morgan fingerprint density at radius 3 is 2.14 bits per heavy atom. The second-order valence-corrected chi connectivity index (χ2v) is 4.52. The number of aromatic nitrogens is 2. The zero-order valence-corrected chi connectivity index (χ0v) is 10.7. The zero-order valence-electron chi connectivity index (χ0n) is 10.7. The average Bonchev–Trinajstić information content (AvgIpc) is 2.47. The van der Waals surface area contributed by atoms with Gasteiger partial charge in [-0.3, -0.25) is 0 Å². The molecule has 0 saturated carbocycles. The lowest BCUT2D eigenvalue weighted by molar-refractivity contribution is -0.137. The summed E-state index contributed by atoms with van der Waals surface area (Å²) in [5, 5.41) is 8.77. The average molecular weight is 289 g/mol. The minimum Gasteiger partial charge on any atom is -0.382 e. The second kappa shape index (κ2) is 4.73. The van der Waals surface area contributed by atoms with Crippen LogP contribution in [-0.2, 0) is 6.18 Å². The highest BCUT2D eigenvalue weighted by Gasteiger charge is 2.34. The Morgan fingerprint density at radius 2 is 1.43 bits per heavy atom. The predicted molar refractivity (Wildman–Crippen MR) is 74.4 cm³/mol. The van der Waals surface area contributed by atoms with E-state index in [1.165, 1.54) is 18.2 Å². The summed E-state index contributed by atoms with van der Waals surface area (Å²) in [6.45, 7) is 0. The Morgan fingerprint density at radius 1 is 0.810 bits per heavy atom. The van der Waals surface area contributed by atoms with Crippen molar-refractivity contribution in [1.29, 1.82) is 0 Å². The highest BCUT2D eigenvalue weighted by atomic mass is 19.4. The fraction of sp³-hybridized carbons (Fsp3) is 0.0667. The van der Waals surface area contributed by atoms with E-state index in [0.717, 1.165) is 6.07 Å². The minimum absolute atomic E-state index is 0.00583. The van der Waals surface area contributed by atoms with Crippen LogP contribution in [0.2, 0.25) is 0 Å². The molecule has 0 unspecified atom stereocenters. The standard InChI is InChI=1S/C15H10F3N3/c16-15(17,18)12-8-4-3-7-11(12)13-9-5-1-2-6-10(9)14(19)21-20-13/h1-8H,(H2,19,21). The van der Waals surface area contributed by atoms with E-state index in [1.54, 1.807) is 24.3 Å². The van der Waals surface area contributed by atoms with Gasteiger partial charge in [0, 0.05) is 16.3 Å². The summed E-state index contributed by atoms with van der Waals surface area (Å²) in [4.78, 5) is 0. The van der Waals surface area contributed by atoms with E-state index in [1.807, 2.05) is 0 Å². The van der Waals surface area contributed by atoms with Gasteiger partial charge in [-0.25, -0.2) is 0 Å². The second-order valence-electron chi connectivity index (χ2n) is 4.52. The number of halogens is 3. The molecule has 0 aliphatic rings. The maximum absolute atomic E-state index is 13.1. The molecule has 0 aliphatic carbocycles. The lowest BCUT2D eigenvalue weighted by atomic mass is 9.99. The molecule has 0 saturated heterocycles. The number of nitrogens with zero attached hydrogens (tertiary/aromatic N) is 2. The molecule has 1 heterocycles. The Kier molecular flexibility index (Phi) is 3.01. The summed E-state index contributed by atoms with van der Waals surface area (Å²) < 4.78 is 39.4. The molecule has 3 aromatic rings. The van der Waals surface area contributed by atoms with Crippen molar-refractivity contribution in [2.24, 2.45) is 0 Å². The first-order chi connectivity index (χ1) is 9.98. The Hall–Kier alpha value is -2.63. The van der Waals surface area contributed by atoms with Crippen LogP contribution in [0, 0.1) is 0 Å². The van der Waals surface area contributed by atoms with E-state index in [4.69, 9.17) is 5.73 Å². The molecule has 3 rings (SSSR count). The number of fused-ring (bicyclic) bond motifs is 1. The van der Waals surface area contributed by atoms with E-state index in [9.17, 15) is 13.2 Å². The molecule has 0 atom stereocenters. The van der Waals surface area contributed by atoms with Gasteiger partial charge in [-0.2, -0.15) is 13.2 Å². The molecule has 0 bridgehead atoms. The molecule has 0 aliphatic heterocycles. The molecule has 2 N–H and O–H groups in total. The molecule has 0 fully saturated rings. The molecule has 0 radical (unpaired) electrons. The number of alkyl halides is 3. The van der Waals surface area contributed by atoms with Gasteiger partial charge in [0.05, 0.1) is 5.56 Å². The molecule has 106 valence electrons. The molecule has 6 heteroatoms. The van der Waals surface area contributed by atoms with Crippen molar-refractivity contribution in [2.45, 2.75) is 6.18 Å². The van der Waals surface area contributed by atoms with Gasteiger partial charge in [-0.05, 0) is 6.07 Å². The number of hydrogen-bond donors (Lipinski definition) is 1. The number of benzene rings is 2. The number of rotatable bonds is 1. The fourth-order valence-corrected chi connectivity index (χ4v) is 2.26. The lowest BCUT2D eigenvalue weighted by Gasteiger charge is -2.13. The summed E-state index contributed by atoms with van der Waals surface area (Å²) in [5.74, 6) is 0.193. The molecular formula is C15H10F3N3. The SMILES string of the molecule is Nc1nnc(-c2ccccc2C(F)(F)F)c2ccccc12. The van der Waals surface area contributed by atoms with Crippen LogP contribution in [0.4, 0.5) is 19.0 Å². The van der Waals surface area contributed by atoms with E-state index in [-0.39, 0.29) is 17.1 Å². The minimum atomic E-state index is -4.46. The van der Waals surface area contributed by atoms with Gasteiger partial charge >= 0.3 is 6.18 Å². The van der Waals surface area contributed by atoms with Crippen LogP contribution in [0.25, 0.3) is 22.0 Å². The van der Waals surface area contributed by atoms with Crippen LogP contribution in [0.1, 0.15) is 5.56 Å². The van der Waals surface area contributed by atoms with Crippen LogP contribution >= 0.6 is 0 Å². The third kappa shape index (κ3) is 2.29. The first kappa shape index (κ1) is 13.4. The topological polar surface area (TPSA) is 51.8 Å². The van der Waals surface area contributed by atoms with Gasteiger partial charge in [0.25, 0.3) is 0 Å². The van der Waals surface area contributed by atoms with Crippen LogP contribution < -0.4 is 5.73 Å². The van der Waals surface area contributed by atoms with Gasteiger partial charge in [-0.15, -0.1) is 10.2 Å². The van der Waals surface area contributed by atoms with Crippen molar-refractivity contribution < 1.29 is 13.2 Å². The molecule has 2 aromatic carbocycles. The molecule has 1 aromatic heterocycles. The quantitative estimate of drug-likeness (QED) is 0.739. The molecule has 21 heavy (non-hydrogen) atoms. The van der Waals surface area contributed by atoms with Crippen LogP contribution in [0.5, 0.6) is 0 Å². The molecular weight excluding hydrogens is 279 g/mol. The molecule has 0 amide bonds. The van der Waals surface area contributed by atoms with Gasteiger partial charge < -0.3 is 5.73 Å². The highest BCUT2D eigenvalue weighted by molar-refractivity contribution is 5.99. The number of nitrogens with two attached hydrogens (primary N) is 1. The van der Waals surface area contributed by atoms with Crippen LogP contribution in [0.15, 0.2) is 48.5 Å². The van der Waals surface area contributed by atoms with Gasteiger partial charge in [0.15, 0.2) is 5.82 Å². The third-order valence-corrected chi connectivity index (χ3v) is 3.20. The van der Waals surface area contributed by atoms with Gasteiger partial charge in [0.2, 0.25) is 0 Å². The monoisotopic (exact) mass is 289 g/mol. The van der Waals surface area contributed by atoms with Crippen molar-refractivity contribution in [3.05, 3.63) is 54.1 Å². The lowest BCUT2D eigenvalue weighted by Crippen LogP contribution is -2.08. The Labute approximate surface area is 118 Å². The largest absolute Gasteiger partial charge is 0.417 e. The van der Waals surface area contributed by atoms with Crippen molar-refractivity contribution in [2.75, 3.05) is 5.73 Å². The summed E-state index contributed by atoms with van der Waals surface area (Å²) in [7, 11) is 0. The first-order valence-electron chi connectivity index (χ1n) is 6.16. The summed E-state index contributed by atoms with van der Waals surface area (Å²) in [6, 6.07) is 12.2. The molecule has 3 nitrogen and oxygen atoms in total. The summed E-state index contributed by atoms with van der Waals surface area (Å²) in [5.41, 5.74) is 5.16. The smallest absolute Gasteiger partial charge is 0.382 e. The van der Waals surface area contributed by atoms with Gasteiger partial charge in [0.1, 0.15) is 5.69 Å². The van der Waals surface area contributed by atoms with Crippen LogP contribution in [0.3, 0.4) is 0 Å². The predicted octanol–water partition coefficient (Wildman–Crippen LogP) is 3.90. The van der Waals surface area contributed by atoms with Crippen molar-refractivity contribution in [3.63, 3.8) is 0 Å². The summed E-state index contributed by atoms with van der Waals surface area (Å²) in [6.07, 6.45) is -4.46. The fourth-order valence-electron chi connectivity index (χ4n) is 2.26.